The molecule has 3 rings (SSSR count). The summed E-state index contributed by atoms with van der Waals surface area (Å²) in [5.41, 5.74) is 1.99. The number of ether oxygens (including phenoxy) is 2. The minimum absolute atomic E-state index is 0.0839. The zero-order valence-corrected chi connectivity index (χ0v) is 15.1. The van der Waals surface area contributed by atoms with Gasteiger partial charge in [0, 0.05) is 5.69 Å². The van der Waals surface area contributed by atoms with Gasteiger partial charge in [-0.25, -0.2) is 0 Å². The molecular weight excluding hydrogens is 334 g/mol. The van der Waals surface area contributed by atoms with Crippen molar-refractivity contribution >= 4 is 11.4 Å². The average molecular weight is 358 g/mol. The molecule has 1 saturated heterocycles. The lowest BCUT2D eigenvalue weighted by molar-refractivity contribution is -0.914. The number of hydrogen-bond donors (Lipinski definition) is 1. The van der Waals surface area contributed by atoms with Gasteiger partial charge in [0.1, 0.15) is 6.54 Å². The number of rotatable bonds is 6. The molecule has 2 aromatic carbocycles. The Hall–Kier alpha value is -2.80. The number of hydrogen-bond acceptors (Lipinski definition) is 5. The van der Waals surface area contributed by atoms with Gasteiger partial charge in [-0.3, -0.25) is 10.1 Å². The quantitative estimate of drug-likeness (QED) is 0.626. The first-order valence-corrected chi connectivity index (χ1v) is 8.65. The summed E-state index contributed by atoms with van der Waals surface area (Å²) in [5.74, 6) is 0.905. The Morgan fingerprint density at radius 3 is 2.27 bits per heavy atom. The minimum Gasteiger partial charge on any atom is -0.493 e. The number of para-hydroxylation sites is 1. The Morgan fingerprint density at radius 2 is 1.69 bits per heavy atom. The third kappa shape index (κ3) is 3.88. The number of quaternary nitrogens is 1. The van der Waals surface area contributed by atoms with Crippen LogP contribution in [0.3, 0.4) is 0 Å². The molecule has 1 N–H and O–H groups in total. The second kappa shape index (κ2) is 8.05. The molecule has 26 heavy (non-hydrogen) atoms. The smallest absolute Gasteiger partial charge is 0.282 e. The topological polar surface area (TPSA) is 69.3 Å². The maximum absolute atomic E-state index is 11.5. The summed E-state index contributed by atoms with van der Waals surface area (Å²) >= 11 is 0. The van der Waals surface area contributed by atoms with Gasteiger partial charge in [-0.15, -0.1) is 0 Å². The van der Waals surface area contributed by atoms with E-state index in [0.29, 0.717) is 23.6 Å². The highest BCUT2D eigenvalue weighted by atomic mass is 16.6. The van der Waals surface area contributed by atoms with Crippen LogP contribution in [0, 0.1) is 10.1 Å². The van der Waals surface area contributed by atoms with Gasteiger partial charge in [-0.1, -0.05) is 18.2 Å². The van der Waals surface area contributed by atoms with E-state index in [0.717, 1.165) is 26.2 Å². The number of anilines is 1. The molecule has 1 aliphatic heterocycles. The number of piperazine rings is 1. The van der Waals surface area contributed by atoms with E-state index in [1.54, 1.807) is 13.2 Å². The lowest BCUT2D eigenvalue weighted by Crippen LogP contribution is -3.13. The number of nitro benzene ring substituents is 1. The highest BCUT2D eigenvalue weighted by Crippen LogP contribution is 2.34. The Kier molecular flexibility index (Phi) is 5.58. The van der Waals surface area contributed by atoms with Crippen molar-refractivity contribution in [2.75, 3.05) is 45.3 Å². The second-order valence-corrected chi connectivity index (χ2v) is 6.34. The van der Waals surface area contributed by atoms with Gasteiger partial charge < -0.3 is 19.3 Å². The van der Waals surface area contributed by atoms with Crippen molar-refractivity contribution in [3.8, 4) is 11.5 Å². The van der Waals surface area contributed by atoms with Crippen molar-refractivity contribution in [1.29, 1.82) is 0 Å². The second-order valence-electron chi connectivity index (χ2n) is 6.34. The Balaban J connectivity index is 1.72. The molecule has 1 fully saturated rings. The first-order valence-electron chi connectivity index (χ1n) is 8.65. The van der Waals surface area contributed by atoms with Gasteiger partial charge in [0.15, 0.2) is 11.5 Å². The summed E-state index contributed by atoms with van der Waals surface area (Å²) in [6.07, 6.45) is 0. The molecule has 0 aliphatic carbocycles. The van der Waals surface area contributed by atoms with Crippen LogP contribution in [0.15, 0.2) is 42.5 Å². The van der Waals surface area contributed by atoms with E-state index < -0.39 is 0 Å². The van der Waals surface area contributed by atoms with Crippen LogP contribution in [0.1, 0.15) is 5.56 Å². The van der Waals surface area contributed by atoms with Crippen molar-refractivity contribution in [2.45, 2.75) is 6.54 Å². The van der Waals surface area contributed by atoms with E-state index in [1.165, 1.54) is 23.8 Å². The minimum atomic E-state index is -0.350. The van der Waals surface area contributed by atoms with Crippen molar-refractivity contribution in [2.24, 2.45) is 0 Å². The molecule has 0 unspecified atom stereocenters. The van der Waals surface area contributed by atoms with Crippen LogP contribution in [0.4, 0.5) is 11.4 Å². The van der Waals surface area contributed by atoms with Crippen LogP contribution >= 0.6 is 0 Å². The first kappa shape index (κ1) is 18.0. The van der Waals surface area contributed by atoms with Gasteiger partial charge >= 0.3 is 0 Å². The van der Waals surface area contributed by atoms with E-state index in [2.05, 4.69) is 17.0 Å². The largest absolute Gasteiger partial charge is 0.493 e. The number of nitrogens with one attached hydrogen (secondary N) is 1. The van der Waals surface area contributed by atoms with Crippen molar-refractivity contribution in [1.82, 2.24) is 0 Å². The number of nitro groups is 1. The molecule has 138 valence electrons. The number of nitrogens with zero attached hydrogens (tertiary/aromatic N) is 2. The average Bonchev–Trinajstić information content (AvgIpc) is 2.68. The van der Waals surface area contributed by atoms with Crippen LogP contribution in [0.2, 0.25) is 0 Å². The van der Waals surface area contributed by atoms with E-state index in [-0.39, 0.29) is 10.6 Å². The number of methoxy groups -OCH3 is 2. The zero-order valence-electron chi connectivity index (χ0n) is 15.1. The lowest BCUT2D eigenvalue weighted by atomic mass is 10.1. The van der Waals surface area contributed by atoms with E-state index in [9.17, 15) is 10.1 Å². The monoisotopic (exact) mass is 358 g/mol. The molecule has 0 aromatic heterocycles. The summed E-state index contributed by atoms with van der Waals surface area (Å²) in [4.78, 5) is 14.8. The molecular formula is C19H24N3O4+. The summed E-state index contributed by atoms with van der Waals surface area (Å²) in [6, 6.07) is 13.5. The molecule has 0 radical (unpaired) electrons. The maximum Gasteiger partial charge on any atom is 0.282 e. The fraction of sp³-hybridized carbons (Fsp3) is 0.368. The van der Waals surface area contributed by atoms with Crippen molar-refractivity contribution < 1.29 is 19.3 Å². The molecule has 0 spiro atoms. The Labute approximate surface area is 152 Å². The van der Waals surface area contributed by atoms with Crippen molar-refractivity contribution in [3.05, 3.63) is 58.1 Å². The molecule has 2 aromatic rings. The zero-order chi connectivity index (χ0) is 18.5. The van der Waals surface area contributed by atoms with Crippen LogP contribution in [0.5, 0.6) is 11.5 Å². The molecule has 0 saturated carbocycles. The standard InChI is InChI=1S/C19H23N3O4/c1-25-18-12-15(17(22(23)24)13-19(18)26-2)14-20-8-10-21(11-9-20)16-6-4-3-5-7-16/h3-7,12-13H,8-11,14H2,1-2H3/p+1. The van der Waals surface area contributed by atoms with E-state index in [1.807, 2.05) is 18.2 Å². The summed E-state index contributed by atoms with van der Waals surface area (Å²) in [6.45, 7) is 4.32. The summed E-state index contributed by atoms with van der Waals surface area (Å²) < 4.78 is 10.5. The molecule has 7 heteroatoms. The van der Waals surface area contributed by atoms with Crippen LogP contribution in [-0.4, -0.2) is 45.3 Å². The molecule has 0 bridgehead atoms. The normalized spacial score (nSPS) is 14.9. The van der Waals surface area contributed by atoms with Crippen LogP contribution < -0.4 is 19.3 Å². The highest BCUT2D eigenvalue weighted by Gasteiger charge is 2.26. The Morgan fingerprint density at radius 1 is 1.08 bits per heavy atom. The van der Waals surface area contributed by atoms with Crippen LogP contribution in [0.25, 0.3) is 0 Å². The third-order valence-corrected chi connectivity index (χ3v) is 4.81. The maximum atomic E-state index is 11.5. The predicted molar refractivity (Wildman–Crippen MR) is 99.3 cm³/mol. The molecule has 1 aliphatic rings. The van der Waals surface area contributed by atoms with Gasteiger partial charge in [0.05, 0.1) is 57.0 Å². The molecule has 7 nitrogen and oxygen atoms in total. The van der Waals surface area contributed by atoms with Gasteiger partial charge in [0.25, 0.3) is 5.69 Å². The predicted octanol–water partition coefficient (Wildman–Crippen LogP) is 1.52. The SMILES string of the molecule is COc1cc(C[NH+]2CCN(c3ccccc3)CC2)c([N+](=O)[O-])cc1OC. The van der Waals surface area contributed by atoms with Crippen LogP contribution in [-0.2, 0) is 6.54 Å². The van der Waals surface area contributed by atoms with Gasteiger partial charge in [0.2, 0.25) is 0 Å². The van der Waals surface area contributed by atoms with E-state index >= 15 is 0 Å². The van der Waals surface area contributed by atoms with Gasteiger partial charge in [-0.2, -0.15) is 0 Å². The summed E-state index contributed by atoms with van der Waals surface area (Å²) in [7, 11) is 3.02. The van der Waals surface area contributed by atoms with Crippen molar-refractivity contribution in [3.63, 3.8) is 0 Å². The number of benzene rings is 2. The first-order chi connectivity index (χ1) is 12.6. The highest BCUT2D eigenvalue weighted by molar-refractivity contribution is 5.54. The fourth-order valence-electron chi connectivity index (χ4n) is 3.39. The van der Waals surface area contributed by atoms with Gasteiger partial charge in [-0.05, 0) is 18.2 Å². The molecule has 0 amide bonds. The molecule has 1 heterocycles. The fourth-order valence-corrected chi connectivity index (χ4v) is 3.39. The molecule has 0 atom stereocenters. The third-order valence-electron chi connectivity index (χ3n) is 4.81. The van der Waals surface area contributed by atoms with E-state index in [4.69, 9.17) is 9.47 Å². The lowest BCUT2D eigenvalue weighted by Gasteiger charge is -2.33. The summed E-state index contributed by atoms with van der Waals surface area (Å²) in [5, 5.41) is 11.5. The Bertz CT molecular complexity index is 759.